The summed E-state index contributed by atoms with van der Waals surface area (Å²) in [6.45, 7) is 2.47. The van der Waals surface area contributed by atoms with Gasteiger partial charge in [0.05, 0.1) is 17.2 Å². The molecule has 0 radical (unpaired) electrons. The molecule has 0 spiro atoms. The van der Waals surface area contributed by atoms with Crippen LogP contribution in [0.15, 0.2) is 24.4 Å². The minimum Gasteiger partial charge on any atom is -0.310 e. The van der Waals surface area contributed by atoms with E-state index < -0.39 is 9.84 Å². The highest BCUT2D eigenvalue weighted by Crippen LogP contribution is 2.22. The van der Waals surface area contributed by atoms with Gasteiger partial charge in [-0.3, -0.25) is 9.88 Å². The summed E-state index contributed by atoms with van der Waals surface area (Å²) in [4.78, 5) is 6.56. The van der Waals surface area contributed by atoms with Gasteiger partial charge in [0.2, 0.25) is 0 Å². The average Bonchev–Trinajstić information content (AvgIpc) is 2.66. The molecule has 3 heterocycles. The number of nitrogens with one attached hydrogen (secondary N) is 1. The van der Waals surface area contributed by atoms with Crippen LogP contribution in [0, 0.1) is 0 Å². The standard InChI is InChI=1S/C12H17N3O2S/c16-18(17)8-11-12(9-18)15(6-5-14-11)7-10-3-1-2-4-13-10/h1-4,11-12,14H,5-9H2/t11-,12+/m1/s1. The van der Waals surface area contributed by atoms with Crippen LogP contribution < -0.4 is 5.32 Å². The van der Waals surface area contributed by atoms with Crippen molar-refractivity contribution in [2.75, 3.05) is 24.6 Å². The molecule has 0 bridgehead atoms. The van der Waals surface area contributed by atoms with Crippen molar-refractivity contribution in [2.45, 2.75) is 18.6 Å². The van der Waals surface area contributed by atoms with Crippen LogP contribution in [0.1, 0.15) is 5.69 Å². The summed E-state index contributed by atoms with van der Waals surface area (Å²) < 4.78 is 23.4. The van der Waals surface area contributed by atoms with E-state index in [0.717, 1.165) is 25.3 Å². The highest BCUT2D eigenvalue weighted by atomic mass is 32.2. The van der Waals surface area contributed by atoms with E-state index in [9.17, 15) is 8.42 Å². The molecule has 0 amide bonds. The predicted molar refractivity (Wildman–Crippen MR) is 68.9 cm³/mol. The van der Waals surface area contributed by atoms with Gasteiger partial charge in [-0.1, -0.05) is 6.07 Å². The number of hydrogen-bond acceptors (Lipinski definition) is 5. The Kier molecular flexibility index (Phi) is 3.09. The van der Waals surface area contributed by atoms with E-state index in [2.05, 4.69) is 15.2 Å². The molecule has 6 heteroatoms. The van der Waals surface area contributed by atoms with Crippen LogP contribution in [0.5, 0.6) is 0 Å². The lowest BCUT2D eigenvalue weighted by atomic mass is 10.1. The fourth-order valence-corrected chi connectivity index (χ4v) is 4.83. The number of sulfone groups is 1. The largest absolute Gasteiger partial charge is 0.310 e. The minimum absolute atomic E-state index is 0.0902. The Labute approximate surface area is 107 Å². The maximum atomic E-state index is 11.7. The van der Waals surface area contributed by atoms with E-state index in [-0.39, 0.29) is 23.6 Å². The van der Waals surface area contributed by atoms with E-state index in [1.165, 1.54) is 0 Å². The topological polar surface area (TPSA) is 62.3 Å². The molecule has 1 aromatic rings. The maximum absolute atomic E-state index is 11.7. The minimum atomic E-state index is -2.88. The van der Waals surface area contributed by atoms with Crippen LogP contribution in [0.4, 0.5) is 0 Å². The number of hydrogen-bond donors (Lipinski definition) is 1. The second-order valence-electron chi connectivity index (χ2n) is 5.00. The summed E-state index contributed by atoms with van der Waals surface area (Å²) in [5, 5.41) is 3.31. The van der Waals surface area contributed by atoms with E-state index >= 15 is 0 Å². The Morgan fingerprint density at radius 2 is 2.28 bits per heavy atom. The second kappa shape index (κ2) is 4.60. The Bertz CT molecular complexity index is 517. The SMILES string of the molecule is O=S1(=O)C[C@H]2NCCN(Cc3ccccn3)[C@H]2C1. The van der Waals surface area contributed by atoms with Gasteiger partial charge >= 0.3 is 0 Å². The molecule has 2 saturated heterocycles. The van der Waals surface area contributed by atoms with E-state index in [4.69, 9.17) is 0 Å². The van der Waals surface area contributed by atoms with Gasteiger partial charge in [0.15, 0.2) is 9.84 Å². The average molecular weight is 267 g/mol. The first-order valence-corrected chi connectivity index (χ1v) is 8.04. The van der Waals surface area contributed by atoms with Crippen molar-refractivity contribution in [3.63, 3.8) is 0 Å². The molecule has 0 aromatic carbocycles. The van der Waals surface area contributed by atoms with E-state index in [0.29, 0.717) is 0 Å². The molecule has 2 fully saturated rings. The first-order valence-electron chi connectivity index (χ1n) is 6.22. The summed E-state index contributed by atoms with van der Waals surface area (Å²) in [6.07, 6.45) is 1.78. The lowest BCUT2D eigenvalue weighted by Crippen LogP contribution is -2.56. The van der Waals surface area contributed by atoms with Gasteiger partial charge in [0.1, 0.15) is 0 Å². The third-order valence-electron chi connectivity index (χ3n) is 3.69. The fraction of sp³-hybridized carbons (Fsp3) is 0.583. The molecule has 3 rings (SSSR count). The Morgan fingerprint density at radius 3 is 3.06 bits per heavy atom. The zero-order valence-electron chi connectivity index (χ0n) is 10.1. The van der Waals surface area contributed by atoms with Crippen molar-refractivity contribution >= 4 is 9.84 Å². The van der Waals surface area contributed by atoms with Crippen molar-refractivity contribution in [3.8, 4) is 0 Å². The summed E-state index contributed by atoms with van der Waals surface area (Å²) in [5.41, 5.74) is 1.00. The molecule has 1 N–H and O–H groups in total. The number of nitrogens with zero attached hydrogens (tertiary/aromatic N) is 2. The molecule has 5 nitrogen and oxygen atoms in total. The molecule has 1 aromatic heterocycles. The molecule has 18 heavy (non-hydrogen) atoms. The quantitative estimate of drug-likeness (QED) is 0.794. The van der Waals surface area contributed by atoms with E-state index in [1.807, 2.05) is 18.2 Å². The first kappa shape index (κ1) is 12.1. The Hall–Kier alpha value is -0.980. The first-order chi connectivity index (χ1) is 8.64. The Morgan fingerprint density at radius 1 is 1.39 bits per heavy atom. The number of rotatable bonds is 2. The van der Waals surface area contributed by atoms with Crippen LogP contribution >= 0.6 is 0 Å². The maximum Gasteiger partial charge on any atom is 0.153 e. The zero-order valence-corrected chi connectivity index (χ0v) is 10.9. The summed E-state index contributed by atoms with van der Waals surface area (Å²) in [7, 11) is -2.88. The van der Waals surface area contributed by atoms with Gasteiger partial charge in [-0.2, -0.15) is 0 Å². The normalized spacial score (nSPS) is 31.1. The highest BCUT2D eigenvalue weighted by Gasteiger charge is 2.42. The molecule has 0 aliphatic carbocycles. The monoisotopic (exact) mass is 267 g/mol. The zero-order chi connectivity index (χ0) is 12.6. The van der Waals surface area contributed by atoms with Crippen molar-refractivity contribution < 1.29 is 8.42 Å². The van der Waals surface area contributed by atoms with Gasteiger partial charge in [0.25, 0.3) is 0 Å². The molecule has 0 saturated carbocycles. The third kappa shape index (κ3) is 2.41. The predicted octanol–water partition coefficient (Wildman–Crippen LogP) is -0.348. The summed E-state index contributed by atoms with van der Waals surface area (Å²) in [5.74, 6) is 0.549. The molecule has 2 aliphatic heterocycles. The van der Waals surface area contributed by atoms with Crippen LogP contribution in [-0.2, 0) is 16.4 Å². The molecule has 2 aliphatic rings. The fourth-order valence-electron chi connectivity index (χ4n) is 2.84. The molecule has 98 valence electrons. The van der Waals surface area contributed by atoms with Crippen LogP contribution in [0.25, 0.3) is 0 Å². The number of fused-ring (bicyclic) bond motifs is 1. The van der Waals surface area contributed by atoms with Crippen molar-refractivity contribution in [2.24, 2.45) is 0 Å². The third-order valence-corrected chi connectivity index (χ3v) is 5.40. The van der Waals surface area contributed by atoms with Crippen LogP contribution in [0.2, 0.25) is 0 Å². The molecular formula is C12H17N3O2S. The molecule has 0 unspecified atom stereocenters. The number of pyridine rings is 1. The molecule has 2 atom stereocenters. The molecular weight excluding hydrogens is 250 g/mol. The van der Waals surface area contributed by atoms with Crippen LogP contribution in [0.3, 0.4) is 0 Å². The smallest absolute Gasteiger partial charge is 0.153 e. The second-order valence-corrected chi connectivity index (χ2v) is 7.15. The van der Waals surface area contributed by atoms with Gasteiger partial charge in [-0.25, -0.2) is 8.42 Å². The van der Waals surface area contributed by atoms with E-state index in [1.54, 1.807) is 6.20 Å². The lowest BCUT2D eigenvalue weighted by Gasteiger charge is -2.37. The summed E-state index contributed by atoms with van der Waals surface area (Å²) in [6, 6.07) is 6.04. The van der Waals surface area contributed by atoms with Crippen molar-refractivity contribution in [1.29, 1.82) is 0 Å². The van der Waals surface area contributed by atoms with Gasteiger partial charge in [-0.05, 0) is 12.1 Å². The van der Waals surface area contributed by atoms with Gasteiger partial charge in [-0.15, -0.1) is 0 Å². The lowest BCUT2D eigenvalue weighted by molar-refractivity contribution is 0.139. The number of aromatic nitrogens is 1. The summed E-state index contributed by atoms with van der Waals surface area (Å²) >= 11 is 0. The Balaban J connectivity index is 1.76. The van der Waals surface area contributed by atoms with Crippen LogP contribution in [-0.4, -0.2) is 55.0 Å². The van der Waals surface area contributed by atoms with Crippen molar-refractivity contribution in [3.05, 3.63) is 30.1 Å². The highest BCUT2D eigenvalue weighted by molar-refractivity contribution is 7.91. The van der Waals surface area contributed by atoms with Gasteiger partial charge in [0, 0.05) is 37.9 Å². The number of piperazine rings is 1. The van der Waals surface area contributed by atoms with Gasteiger partial charge < -0.3 is 5.32 Å². The van der Waals surface area contributed by atoms with Crippen molar-refractivity contribution in [1.82, 2.24) is 15.2 Å².